The summed E-state index contributed by atoms with van der Waals surface area (Å²) in [6, 6.07) is 0.384. The van der Waals surface area contributed by atoms with Gasteiger partial charge in [-0.3, -0.25) is 4.79 Å². The number of carbonyl (C=O) groups excluding carboxylic acids is 1. The van der Waals surface area contributed by atoms with Crippen LogP contribution in [0.3, 0.4) is 0 Å². The lowest BCUT2D eigenvalue weighted by Crippen LogP contribution is -2.32. The molecule has 1 saturated carbocycles. The molecule has 0 bridgehead atoms. The predicted molar refractivity (Wildman–Crippen MR) is 47.6 cm³/mol. The standard InChI is InChI=1S/C10H17NO/c1-6-4-7-8(10(7,2)3)5-9(12)11-6/h6-8H,4-5H2,1-3H3,(H,11,12)/t6-,7-,8+/m1/s1. The summed E-state index contributed by atoms with van der Waals surface area (Å²) in [5.74, 6) is 1.69. The topological polar surface area (TPSA) is 29.1 Å². The fraction of sp³-hybridized carbons (Fsp3) is 0.900. The molecule has 0 radical (unpaired) electrons. The number of hydrogen-bond donors (Lipinski definition) is 1. The van der Waals surface area contributed by atoms with Gasteiger partial charge in [-0.05, 0) is 30.6 Å². The highest BCUT2D eigenvalue weighted by Gasteiger charge is 2.58. The van der Waals surface area contributed by atoms with Gasteiger partial charge in [0, 0.05) is 12.5 Å². The molecule has 3 atom stereocenters. The molecule has 2 nitrogen and oxygen atoms in total. The number of fused-ring (bicyclic) bond motifs is 1. The average molecular weight is 167 g/mol. The molecule has 0 aromatic carbocycles. The van der Waals surface area contributed by atoms with Crippen LogP contribution in [0.15, 0.2) is 0 Å². The minimum Gasteiger partial charge on any atom is -0.354 e. The van der Waals surface area contributed by atoms with Gasteiger partial charge in [0.25, 0.3) is 0 Å². The Morgan fingerprint density at radius 3 is 2.75 bits per heavy atom. The molecule has 2 aliphatic rings. The van der Waals surface area contributed by atoms with Crippen LogP contribution in [0, 0.1) is 17.3 Å². The number of carbonyl (C=O) groups is 1. The third-order valence-electron chi connectivity index (χ3n) is 3.71. The van der Waals surface area contributed by atoms with Crippen molar-refractivity contribution in [2.45, 2.75) is 39.7 Å². The van der Waals surface area contributed by atoms with Gasteiger partial charge in [-0.25, -0.2) is 0 Å². The first-order valence-electron chi connectivity index (χ1n) is 4.81. The molecular formula is C10H17NO. The zero-order valence-electron chi connectivity index (χ0n) is 8.05. The van der Waals surface area contributed by atoms with E-state index in [-0.39, 0.29) is 5.91 Å². The second kappa shape index (κ2) is 2.24. The van der Waals surface area contributed by atoms with E-state index in [1.807, 2.05) is 0 Å². The van der Waals surface area contributed by atoms with Crippen molar-refractivity contribution in [3.63, 3.8) is 0 Å². The van der Waals surface area contributed by atoms with Crippen LogP contribution in [-0.2, 0) is 4.79 Å². The second-order valence-electron chi connectivity index (χ2n) is 4.94. The van der Waals surface area contributed by atoms with Crippen molar-refractivity contribution in [2.24, 2.45) is 17.3 Å². The third kappa shape index (κ3) is 1.05. The highest BCUT2D eigenvalue weighted by molar-refractivity contribution is 5.77. The van der Waals surface area contributed by atoms with Gasteiger partial charge >= 0.3 is 0 Å². The van der Waals surface area contributed by atoms with Crippen molar-refractivity contribution in [3.05, 3.63) is 0 Å². The second-order valence-corrected chi connectivity index (χ2v) is 4.94. The first-order valence-corrected chi connectivity index (χ1v) is 4.81. The summed E-state index contributed by atoms with van der Waals surface area (Å²) in [5.41, 5.74) is 0.437. The quantitative estimate of drug-likeness (QED) is 0.583. The van der Waals surface area contributed by atoms with Crippen LogP contribution in [0.25, 0.3) is 0 Å². The maximum atomic E-state index is 11.3. The van der Waals surface area contributed by atoms with Crippen LogP contribution in [0.2, 0.25) is 0 Å². The van der Waals surface area contributed by atoms with Crippen LogP contribution in [0.4, 0.5) is 0 Å². The fourth-order valence-electron chi connectivity index (χ4n) is 2.70. The van der Waals surface area contributed by atoms with Gasteiger partial charge in [0.1, 0.15) is 0 Å². The van der Waals surface area contributed by atoms with Gasteiger partial charge < -0.3 is 5.32 Å². The third-order valence-corrected chi connectivity index (χ3v) is 3.71. The van der Waals surface area contributed by atoms with E-state index in [0.29, 0.717) is 17.4 Å². The van der Waals surface area contributed by atoms with E-state index in [0.717, 1.165) is 12.3 Å². The Balaban J connectivity index is 2.11. The fourth-order valence-corrected chi connectivity index (χ4v) is 2.70. The zero-order chi connectivity index (χ0) is 8.93. The van der Waals surface area contributed by atoms with E-state index >= 15 is 0 Å². The zero-order valence-corrected chi connectivity index (χ0v) is 8.05. The van der Waals surface area contributed by atoms with Crippen molar-refractivity contribution in [1.82, 2.24) is 5.32 Å². The molecule has 1 N–H and O–H groups in total. The molecule has 1 amide bonds. The smallest absolute Gasteiger partial charge is 0.220 e. The molecule has 0 unspecified atom stereocenters. The SMILES string of the molecule is C[C@@H]1C[C@@H]2[C@H](CC(=O)N1)C2(C)C. The molecule has 68 valence electrons. The van der Waals surface area contributed by atoms with E-state index in [2.05, 4.69) is 26.1 Å². The normalized spacial score (nSPS) is 44.2. The molecular weight excluding hydrogens is 150 g/mol. The molecule has 1 heterocycles. The lowest BCUT2D eigenvalue weighted by atomic mass is 10.0. The predicted octanol–water partition coefficient (Wildman–Crippen LogP) is 1.56. The van der Waals surface area contributed by atoms with Crippen molar-refractivity contribution in [3.8, 4) is 0 Å². The molecule has 2 fully saturated rings. The van der Waals surface area contributed by atoms with E-state index in [1.165, 1.54) is 6.42 Å². The average Bonchev–Trinajstić information content (AvgIpc) is 2.45. The van der Waals surface area contributed by atoms with Crippen LogP contribution in [-0.4, -0.2) is 11.9 Å². The Morgan fingerprint density at radius 2 is 2.08 bits per heavy atom. The van der Waals surface area contributed by atoms with Crippen LogP contribution in [0.1, 0.15) is 33.6 Å². The number of nitrogens with one attached hydrogen (secondary N) is 1. The summed E-state index contributed by atoms with van der Waals surface area (Å²) in [6.07, 6.45) is 1.92. The van der Waals surface area contributed by atoms with Gasteiger partial charge in [0.2, 0.25) is 5.91 Å². The van der Waals surface area contributed by atoms with Crippen molar-refractivity contribution in [1.29, 1.82) is 0 Å². The molecule has 0 spiro atoms. The molecule has 2 rings (SSSR count). The van der Waals surface area contributed by atoms with Crippen molar-refractivity contribution < 1.29 is 4.79 Å². The highest BCUT2D eigenvalue weighted by Crippen LogP contribution is 2.62. The number of rotatable bonds is 0. The van der Waals surface area contributed by atoms with Gasteiger partial charge in [0.15, 0.2) is 0 Å². The molecule has 12 heavy (non-hydrogen) atoms. The molecule has 1 aliphatic carbocycles. The monoisotopic (exact) mass is 167 g/mol. The Labute approximate surface area is 73.7 Å². The van der Waals surface area contributed by atoms with Crippen molar-refractivity contribution in [2.75, 3.05) is 0 Å². The Hall–Kier alpha value is -0.530. The van der Waals surface area contributed by atoms with Crippen LogP contribution in [0.5, 0.6) is 0 Å². The maximum Gasteiger partial charge on any atom is 0.220 e. The minimum atomic E-state index is 0.251. The Kier molecular flexibility index (Phi) is 1.51. The van der Waals surface area contributed by atoms with E-state index < -0.39 is 0 Å². The molecule has 0 aromatic rings. The van der Waals surface area contributed by atoms with E-state index in [1.54, 1.807) is 0 Å². The molecule has 1 aliphatic heterocycles. The largest absolute Gasteiger partial charge is 0.354 e. The van der Waals surface area contributed by atoms with Gasteiger partial charge in [0.05, 0.1) is 0 Å². The summed E-state index contributed by atoms with van der Waals surface area (Å²) < 4.78 is 0. The van der Waals surface area contributed by atoms with Crippen LogP contribution < -0.4 is 5.32 Å². The summed E-state index contributed by atoms with van der Waals surface area (Å²) in [6.45, 7) is 6.68. The lowest BCUT2D eigenvalue weighted by molar-refractivity contribution is -0.121. The first-order chi connectivity index (χ1) is 5.51. The van der Waals surface area contributed by atoms with E-state index in [9.17, 15) is 4.79 Å². The van der Waals surface area contributed by atoms with Gasteiger partial charge in [-0.1, -0.05) is 13.8 Å². The summed E-state index contributed by atoms with van der Waals surface area (Å²) in [5, 5.41) is 3.00. The summed E-state index contributed by atoms with van der Waals surface area (Å²) in [7, 11) is 0. The first kappa shape index (κ1) is 8.09. The molecule has 2 heteroatoms. The van der Waals surface area contributed by atoms with Crippen LogP contribution >= 0.6 is 0 Å². The highest BCUT2D eigenvalue weighted by atomic mass is 16.1. The van der Waals surface area contributed by atoms with E-state index in [4.69, 9.17) is 0 Å². The van der Waals surface area contributed by atoms with Gasteiger partial charge in [-0.2, -0.15) is 0 Å². The molecule has 1 saturated heterocycles. The lowest BCUT2D eigenvalue weighted by Gasteiger charge is -2.13. The maximum absolute atomic E-state index is 11.3. The van der Waals surface area contributed by atoms with Crippen molar-refractivity contribution >= 4 is 5.91 Å². The Bertz CT molecular complexity index is 222. The summed E-state index contributed by atoms with van der Waals surface area (Å²) >= 11 is 0. The molecule has 0 aromatic heterocycles. The number of hydrogen-bond acceptors (Lipinski definition) is 1. The minimum absolute atomic E-state index is 0.251. The number of amides is 1. The summed E-state index contributed by atoms with van der Waals surface area (Å²) in [4.78, 5) is 11.3. The van der Waals surface area contributed by atoms with Gasteiger partial charge in [-0.15, -0.1) is 0 Å². The Morgan fingerprint density at radius 1 is 1.42 bits per heavy atom.